The Labute approximate surface area is 136 Å². The fourth-order valence-corrected chi connectivity index (χ4v) is 2.61. The zero-order chi connectivity index (χ0) is 16.1. The monoisotopic (exact) mass is 311 g/mol. The van der Waals surface area contributed by atoms with E-state index in [1.54, 1.807) is 11.9 Å². The third-order valence-electron chi connectivity index (χ3n) is 4.07. The van der Waals surface area contributed by atoms with E-state index in [0.29, 0.717) is 6.61 Å². The molecule has 23 heavy (non-hydrogen) atoms. The Hall–Kier alpha value is -2.33. The van der Waals surface area contributed by atoms with Crippen LogP contribution in [-0.4, -0.2) is 36.8 Å². The van der Waals surface area contributed by atoms with Crippen molar-refractivity contribution < 1.29 is 14.3 Å². The topological polar surface area (TPSA) is 42.1 Å². The summed E-state index contributed by atoms with van der Waals surface area (Å²) in [6, 6.07) is 19.8. The van der Waals surface area contributed by atoms with Gasteiger partial charge in [-0.2, -0.15) is 0 Å². The van der Waals surface area contributed by atoms with Crippen LogP contribution in [0, 0.1) is 0 Å². The van der Waals surface area contributed by atoms with Crippen LogP contribution in [-0.2, 0) is 22.5 Å². The molecule has 1 aliphatic rings. The lowest BCUT2D eigenvalue weighted by molar-refractivity contribution is 0.0848. The Morgan fingerprint density at radius 1 is 1.13 bits per heavy atom. The predicted molar refractivity (Wildman–Crippen MR) is 88.1 cm³/mol. The molecule has 0 spiro atoms. The van der Waals surface area contributed by atoms with Crippen LogP contribution in [0.15, 0.2) is 60.7 Å². The first kappa shape index (κ1) is 15.6. The summed E-state index contributed by atoms with van der Waals surface area (Å²) in [5.41, 5.74) is 2.17. The lowest BCUT2D eigenvalue weighted by Crippen LogP contribution is -2.42. The van der Waals surface area contributed by atoms with E-state index < -0.39 is 0 Å². The molecule has 0 bridgehead atoms. The summed E-state index contributed by atoms with van der Waals surface area (Å²) in [4.78, 5) is 14.0. The number of ether oxygens (including phenoxy) is 2. The maximum atomic E-state index is 12.3. The largest absolute Gasteiger partial charge is 0.445 e. The minimum absolute atomic E-state index is 0.000623. The molecule has 1 heterocycles. The average Bonchev–Trinajstić information content (AvgIpc) is 3.44. The maximum Gasteiger partial charge on any atom is 0.410 e. The molecule has 3 rings (SSSR count). The van der Waals surface area contributed by atoms with Crippen molar-refractivity contribution in [1.29, 1.82) is 0 Å². The van der Waals surface area contributed by atoms with E-state index in [-0.39, 0.29) is 24.8 Å². The van der Waals surface area contributed by atoms with Crippen molar-refractivity contribution in [3.8, 4) is 0 Å². The summed E-state index contributed by atoms with van der Waals surface area (Å²) in [6.07, 6.45) is 0.553. The fraction of sp³-hybridized carbons (Fsp3) is 0.316. The number of amides is 1. The normalized spacial score (nSPS) is 17.3. The molecular weight excluding hydrogens is 290 g/mol. The SMILES string of the molecule is CN(C(=O)OCc1ccccc1)[C@@H](Cc1ccccc1)[C@@H]1CO1. The van der Waals surface area contributed by atoms with Gasteiger partial charge in [-0.15, -0.1) is 0 Å². The second kappa shape index (κ2) is 7.29. The van der Waals surface area contributed by atoms with Crippen molar-refractivity contribution in [3.05, 3.63) is 71.8 Å². The van der Waals surface area contributed by atoms with Crippen molar-refractivity contribution >= 4 is 6.09 Å². The van der Waals surface area contributed by atoms with Gasteiger partial charge < -0.3 is 14.4 Å². The number of epoxide rings is 1. The number of benzene rings is 2. The molecule has 1 fully saturated rings. The number of nitrogens with zero attached hydrogens (tertiary/aromatic N) is 1. The highest BCUT2D eigenvalue weighted by atomic mass is 16.6. The Balaban J connectivity index is 1.59. The lowest BCUT2D eigenvalue weighted by atomic mass is 10.0. The molecule has 1 aliphatic heterocycles. The first-order valence-electron chi connectivity index (χ1n) is 7.83. The van der Waals surface area contributed by atoms with Crippen molar-refractivity contribution in [2.24, 2.45) is 0 Å². The standard InChI is InChI=1S/C19H21NO3/c1-20(19(21)23-13-16-10-6-3-7-11-16)17(18-14-22-18)12-15-8-4-2-5-9-15/h2-11,17-18H,12-14H2,1H3/t17-,18-/m0/s1. The molecule has 0 radical (unpaired) electrons. The Bertz CT molecular complexity index is 626. The van der Waals surface area contributed by atoms with Crippen LogP contribution in [0.2, 0.25) is 0 Å². The number of hydrogen-bond donors (Lipinski definition) is 0. The molecule has 0 N–H and O–H groups in total. The Morgan fingerprint density at radius 3 is 2.26 bits per heavy atom. The number of hydrogen-bond acceptors (Lipinski definition) is 3. The third-order valence-corrected chi connectivity index (χ3v) is 4.07. The van der Waals surface area contributed by atoms with Crippen LogP contribution in [0.1, 0.15) is 11.1 Å². The van der Waals surface area contributed by atoms with Crippen LogP contribution in [0.25, 0.3) is 0 Å². The van der Waals surface area contributed by atoms with Gasteiger partial charge in [-0.1, -0.05) is 60.7 Å². The van der Waals surface area contributed by atoms with Gasteiger partial charge in [0.15, 0.2) is 0 Å². The van der Waals surface area contributed by atoms with Gasteiger partial charge in [0.2, 0.25) is 0 Å². The molecule has 2 atom stereocenters. The quantitative estimate of drug-likeness (QED) is 0.769. The smallest absolute Gasteiger partial charge is 0.410 e. The fourth-order valence-electron chi connectivity index (χ4n) is 2.61. The molecule has 4 heteroatoms. The zero-order valence-electron chi connectivity index (χ0n) is 13.2. The van der Waals surface area contributed by atoms with Crippen molar-refractivity contribution in [1.82, 2.24) is 4.90 Å². The van der Waals surface area contributed by atoms with Crippen LogP contribution in [0.4, 0.5) is 4.79 Å². The van der Waals surface area contributed by atoms with Gasteiger partial charge in [-0.3, -0.25) is 0 Å². The summed E-state index contributed by atoms with van der Waals surface area (Å²) >= 11 is 0. The van der Waals surface area contributed by atoms with Crippen molar-refractivity contribution in [2.45, 2.75) is 25.2 Å². The second-order valence-corrected chi connectivity index (χ2v) is 5.78. The van der Waals surface area contributed by atoms with E-state index in [1.165, 1.54) is 5.56 Å². The minimum atomic E-state index is -0.315. The second-order valence-electron chi connectivity index (χ2n) is 5.78. The van der Waals surface area contributed by atoms with E-state index >= 15 is 0 Å². The number of rotatable bonds is 6. The maximum absolute atomic E-state index is 12.3. The van der Waals surface area contributed by atoms with Gasteiger partial charge in [-0.05, 0) is 17.5 Å². The van der Waals surface area contributed by atoms with Gasteiger partial charge in [-0.25, -0.2) is 4.79 Å². The molecule has 120 valence electrons. The van der Waals surface area contributed by atoms with E-state index in [4.69, 9.17) is 9.47 Å². The number of likely N-dealkylation sites (N-methyl/N-ethyl adjacent to an activating group) is 1. The highest BCUT2D eigenvalue weighted by Gasteiger charge is 2.37. The highest BCUT2D eigenvalue weighted by Crippen LogP contribution is 2.23. The molecule has 0 unspecified atom stereocenters. The lowest BCUT2D eigenvalue weighted by Gasteiger charge is -2.26. The predicted octanol–water partition coefficient (Wildman–Crippen LogP) is 3.27. The van der Waals surface area contributed by atoms with E-state index in [0.717, 1.165) is 12.0 Å². The summed E-state index contributed by atoms with van der Waals surface area (Å²) in [5, 5.41) is 0. The van der Waals surface area contributed by atoms with E-state index in [9.17, 15) is 4.79 Å². The van der Waals surface area contributed by atoms with Crippen LogP contribution in [0.5, 0.6) is 0 Å². The number of carbonyl (C=O) groups excluding carboxylic acids is 1. The molecule has 2 aromatic carbocycles. The van der Waals surface area contributed by atoms with Gasteiger partial charge in [0, 0.05) is 7.05 Å². The highest BCUT2D eigenvalue weighted by molar-refractivity contribution is 5.68. The third kappa shape index (κ3) is 4.33. The molecule has 2 aromatic rings. The van der Waals surface area contributed by atoms with Crippen LogP contribution in [0.3, 0.4) is 0 Å². The molecule has 0 saturated carbocycles. The summed E-state index contributed by atoms with van der Waals surface area (Å²) in [5.74, 6) is 0. The van der Waals surface area contributed by atoms with Gasteiger partial charge in [0.05, 0.1) is 12.6 Å². The van der Waals surface area contributed by atoms with Crippen LogP contribution < -0.4 is 0 Å². The summed E-state index contributed by atoms with van der Waals surface area (Å²) < 4.78 is 10.8. The summed E-state index contributed by atoms with van der Waals surface area (Å²) in [7, 11) is 1.78. The molecule has 1 saturated heterocycles. The van der Waals surface area contributed by atoms with Gasteiger partial charge in [0.25, 0.3) is 0 Å². The first-order valence-corrected chi connectivity index (χ1v) is 7.83. The Kier molecular flexibility index (Phi) is 4.93. The van der Waals surface area contributed by atoms with Gasteiger partial charge in [0.1, 0.15) is 12.7 Å². The number of carbonyl (C=O) groups is 1. The summed E-state index contributed by atoms with van der Waals surface area (Å²) in [6.45, 7) is 0.987. The van der Waals surface area contributed by atoms with E-state index in [2.05, 4.69) is 12.1 Å². The minimum Gasteiger partial charge on any atom is -0.445 e. The Morgan fingerprint density at radius 2 is 1.70 bits per heavy atom. The first-order chi connectivity index (χ1) is 11.2. The molecule has 4 nitrogen and oxygen atoms in total. The molecule has 0 aliphatic carbocycles. The van der Waals surface area contributed by atoms with Gasteiger partial charge >= 0.3 is 6.09 Å². The van der Waals surface area contributed by atoms with E-state index in [1.807, 2.05) is 48.5 Å². The van der Waals surface area contributed by atoms with Crippen molar-refractivity contribution in [2.75, 3.05) is 13.7 Å². The molecule has 0 aromatic heterocycles. The average molecular weight is 311 g/mol. The molecular formula is C19H21NO3. The van der Waals surface area contributed by atoms with Crippen LogP contribution >= 0.6 is 0 Å². The van der Waals surface area contributed by atoms with Crippen molar-refractivity contribution in [3.63, 3.8) is 0 Å². The zero-order valence-corrected chi connectivity index (χ0v) is 13.2. The molecule has 1 amide bonds.